The summed E-state index contributed by atoms with van der Waals surface area (Å²) in [6.07, 6.45) is -3.96. The van der Waals surface area contributed by atoms with E-state index in [1.54, 1.807) is 0 Å². The van der Waals surface area contributed by atoms with Crippen LogP contribution in [-0.2, 0) is 38.1 Å². The molecule has 1 fully saturated rings. The van der Waals surface area contributed by atoms with E-state index in [0.29, 0.717) is 5.71 Å². The maximum Gasteiger partial charge on any atom is 0.303 e. The predicted molar refractivity (Wildman–Crippen MR) is 93.5 cm³/mol. The van der Waals surface area contributed by atoms with Crippen LogP contribution in [0.1, 0.15) is 41.0 Å². The van der Waals surface area contributed by atoms with Crippen molar-refractivity contribution < 1.29 is 43.3 Å². The van der Waals surface area contributed by atoms with Gasteiger partial charge in [-0.2, -0.15) is 0 Å². The number of nitrogens with zero attached hydrogens (tertiary/aromatic N) is 1. The molecule has 2 N–H and O–H groups in total. The lowest BCUT2D eigenvalue weighted by Crippen LogP contribution is -2.66. The van der Waals surface area contributed by atoms with Crippen molar-refractivity contribution in [1.29, 1.82) is 0 Å². The van der Waals surface area contributed by atoms with E-state index >= 15 is 0 Å². The second-order valence-electron chi connectivity index (χ2n) is 6.43. The summed E-state index contributed by atoms with van der Waals surface area (Å²) >= 11 is 0. The van der Waals surface area contributed by atoms with Gasteiger partial charge in [-0.05, 0) is 6.92 Å². The van der Waals surface area contributed by atoms with Crippen LogP contribution in [0.4, 0.5) is 0 Å². The molecule has 0 aromatic heterocycles. The van der Waals surface area contributed by atoms with E-state index < -0.39 is 54.3 Å². The Labute approximate surface area is 162 Å². The lowest BCUT2D eigenvalue weighted by molar-refractivity contribution is -0.222. The van der Waals surface area contributed by atoms with Gasteiger partial charge in [0, 0.05) is 34.1 Å². The molecule has 1 aliphatic rings. The third-order valence-electron chi connectivity index (χ3n) is 3.89. The van der Waals surface area contributed by atoms with E-state index in [0.717, 1.165) is 6.92 Å². The van der Waals surface area contributed by atoms with Crippen molar-refractivity contribution in [3.05, 3.63) is 0 Å². The Balaban J connectivity index is 3.32. The maximum atomic E-state index is 11.7. The third-order valence-corrected chi connectivity index (χ3v) is 3.89. The number of hydrogen-bond donors (Lipinski definition) is 2. The molecule has 158 valence electrons. The predicted octanol–water partition coefficient (Wildman–Crippen LogP) is -0.0748. The van der Waals surface area contributed by atoms with E-state index in [1.165, 1.54) is 27.7 Å². The monoisotopic (exact) mass is 402 g/mol. The molecule has 1 heterocycles. The highest BCUT2D eigenvalue weighted by molar-refractivity contribution is 5.82. The van der Waals surface area contributed by atoms with Crippen molar-refractivity contribution in [1.82, 2.24) is 5.32 Å². The second-order valence-corrected chi connectivity index (χ2v) is 6.43. The van der Waals surface area contributed by atoms with Gasteiger partial charge in [0.05, 0.1) is 17.9 Å². The number of carbonyl (C=O) groups is 4. The van der Waals surface area contributed by atoms with E-state index in [2.05, 4.69) is 10.5 Å². The lowest BCUT2D eigenvalue weighted by Gasteiger charge is -2.45. The van der Waals surface area contributed by atoms with Crippen molar-refractivity contribution in [3.63, 3.8) is 0 Å². The van der Waals surface area contributed by atoms with Crippen LogP contribution >= 0.6 is 0 Å². The highest BCUT2D eigenvalue weighted by Gasteiger charge is 2.50. The van der Waals surface area contributed by atoms with Crippen molar-refractivity contribution >= 4 is 29.5 Å². The molecule has 0 aromatic carbocycles. The largest absolute Gasteiger partial charge is 0.463 e. The lowest BCUT2D eigenvalue weighted by atomic mass is 9.89. The molecule has 11 nitrogen and oxygen atoms in total. The second kappa shape index (κ2) is 10.6. The molecule has 0 radical (unpaired) electrons. The van der Waals surface area contributed by atoms with Crippen LogP contribution < -0.4 is 5.32 Å². The zero-order chi connectivity index (χ0) is 21.4. The molecule has 1 aliphatic heterocycles. The summed E-state index contributed by atoms with van der Waals surface area (Å²) in [7, 11) is 0. The minimum Gasteiger partial charge on any atom is -0.463 e. The minimum absolute atomic E-state index is 0.0720. The Morgan fingerprint density at radius 2 is 1.50 bits per heavy atom. The summed E-state index contributed by atoms with van der Waals surface area (Å²) < 4.78 is 21.5. The van der Waals surface area contributed by atoms with Gasteiger partial charge >= 0.3 is 17.9 Å². The summed E-state index contributed by atoms with van der Waals surface area (Å²) in [5.41, 5.74) is 0.291. The first-order valence-corrected chi connectivity index (χ1v) is 8.63. The number of ether oxygens (including phenoxy) is 4. The summed E-state index contributed by atoms with van der Waals surface area (Å²) in [5.74, 6) is -2.36. The fraction of sp³-hybridized carbons (Fsp3) is 0.706. The molecule has 1 rings (SSSR count). The first kappa shape index (κ1) is 23.3. The van der Waals surface area contributed by atoms with E-state index in [-0.39, 0.29) is 13.0 Å². The average molecular weight is 402 g/mol. The molecule has 5 atom stereocenters. The van der Waals surface area contributed by atoms with Crippen LogP contribution in [-0.4, -0.2) is 71.8 Å². The van der Waals surface area contributed by atoms with Crippen molar-refractivity contribution in [2.45, 2.75) is 71.5 Å². The molecule has 28 heavy (non-hydrogen) atoms. The molecule has 11 heteroatoms. The van der Waals surface area contributed by atoms with Crippen LogP contribution in [0.25, 0.3) is 0 Å². The standard InChI is InChI=1S/C17H26N2O9/c1-8(19-24)6-13-15(18-9(2)20)17(27-12(5)23)16(26-11(4)22)14(28-13)7-25-10(3)21/h13-17,24H,6-7H2,1-5H3,(H,18,20)/t13-,14+,15-,16+,17+/m0/s1. The van der Waals surface area contributed by atoms with Gasteiger partial charge in [-0.15, -0.1) is 0 Å². The van der Waals surface area contributed by atoms with Crippen LogP contribution in [0.5, 0.6) is 0 Å². The highest BCUT2D eigenvalue weighted by Crippen LogP contribution is 2.29. The topological polar surface area (TPSA) is 150 Å². The molecular weight excluding hydrogens is 376 g/mol. The smallest absolute Gasteiger partial charge is 0.303 e. The molecule has 0 aromatic rings. The van der Waals surface area contributed by atoms with Crippen LogP contribution in [0.2, 0.25) is 0 Å². The first-order valence-electron chi connectivity index (χ1n) is 8.63. The van der Waals surface area contributed by atoms with Gasteiger partial charge in [-0.1, -0.05) is 5.16 Å². The number of carbonyl (C=O) groups excluding carboxylic acids is 4. The molecular formula is C17H26N2O9. The van der Waals surface area contributed by atoms with Gasteiger partial charge in [0.15, 0.2) is 12.2 Å². The molecule has 0 aliphatic carbocycles. The molecule has 0 unspecified atom stereocenters. The van der Waals surface area contributed by atoms with E-state index in [1.807, 2.05) is 0 Å². The van der Waals surface area contributed by atoms with Crippen molar-refractivity contribution in [3.8, 4) is 0 Å². The Hall–Kier alpha value is -2.69. The van der Waals surface area contributed by atoms with Gasteiger partial charge in [-0.25, -0.2) is 0 Å². The Morgan fingerprint density at radius 1 is 0.929 bits per heavy atom. The summed E-state index contributed by atoms with van der Waals surface area (Å²) in [5, 5.41) is 14.7. The Bertz CT molecular complexity index is 634. The van der Waals surface area contributed by atoms with Gasteiger partial charge in [0.25, 0.3) is 0 Å². The third kappa shape index (κ3) is 7.14. The van der Waals surface area contributed by atoms with Gasteiger partial charge in [0.2, 0.25) is 5.91 Å². The zero-order valence-electron chi connectivity index (χ0n) is 16.5. The average Bonchev–Trinajstić information content (AvgIpc) is 2.57. The van der Waals surface area contributed by atoms with Crippen LogP contribution in [0.15, 0.2) is 5.16 Å². The number of nitrogens with one attached hydrogen (secondary N) is 1. The zero-order valence-corrected chi connectivity index (χ0v) is 16.5. The molecule has 0 spiro atoms. The fourth-order valence-corrected chi connectivity index (χ4v) is 2.93. The number of oxime groups is 1. The first-order chi connectivity index (χ1) is 13.0. The maximum absolute atomic E-state index is 11.7. The van der Waals surface area contributed by atoms with E-state index in [4.69, 9.17) is 24.2 Å². The number of rotatable bonds is 7. The summed E-state index contributed by atoms with van der Waals surface area (Å²) in [4.78, 5) is 46.2. The van der Waals surface area contributed by atoms with Crippen molar-refractivity contribution in [2.24, 2.45) is 5.16 Å². The number of amides is 1. The highest BCUT2D eigenvalue weighted by atomic mass is 16.6. The quantitative estimate of drug-likeness (QED) is 0.196. The Morgan fingerprint density at radius 3 is 1.96 bits per heavy atom. The number of hydrogen-bond acceptors (Lipinski definition) is 10. The van der Waals surface area contributed by atoms with Gasteiger partial charge in [0.1, 0.15) is 12.7 Å². The van der Waals surface area contributed by atoms with Crippen LogP contribution in [0.3, 0.4) is 0 Å². The SMILES string of the molecule is CC(=O)N[C@@H]1[C@@H](OC(C)=O)[C@H](OC(C)=O)[C@@H](COC(C)=O)O[C@H]1CC(C)=NO. The number of esters is 3. The molecule has 0 saturated carbocycles. The summed E-state index contributed by atoms with van der Waals surface area (Å²) in [6, 6.07) is -0.906. The normalized spacial score (nSPS) is 27.5. The van der Waals surface area contributed by atoms with Gasteiger partial charge < -0.3 is 29.5 Å². The van der Waals surface area contributed by atoms with Gasteiger partial charge in [-0.3, -0.25) is 19.2 Å². The Kier molecular flexibility index (Phi) is 8.83. The molecule has 1 saturated heterocycles. The molecule has 1 amide bonds. The minimum atomic E-state index is -1.14. The van der Waals surface area contributed by atoms with Crippen molar-refractivity contribution in [2.75, 3.05) is 6.61 Å². The van der Waals surface area contributed by atoms with E-state index in [9.17, 15) is 19.2 Å². The summed E-state index contributed by atoms with van der Waals surface area (Å²) in [6.45, 7) is 6.06. The van der Waals surface area contributed by atoms with Crippen LogP contribution in [0, 0.1) is 0 Å². The molecule has 0 bridgehead atoms. The fourth-order valence-electron chi connectivity index (χ4n) is 2.93.